The number of hydrogen-bond donors (Lipinski definition) is 1. The molecule has 0 radical (unpaired) electrons. The first kappa shape index (κ1) is 17.0. The Balaban J connectivity index is 1.63. The van der Waals surface area contributed by atoms with Crippen molar-refractivity contribution < 1.29 is 23.2 Å². The SMILES string of the molecule is Cc1cc(NC(=O)CSCC(=O)OCc2cccc(F)c2)no1. The number of benzene rings is 1. The number of carbonyl (C=O) groups excluding carboxylic acids is 2. The van der Waals surface area contributed by atoms with E-state index in [1.54, 1.807) is 25.1 Å². The molecule has 8 heteroatoms. The number of halogens is 1. The molecule has 0 saturated carbocycles. The monoisotopic (exact) mass is 338 g/mol. The van der Waals surface area contributed by atoms with Gasteiger partial charge in [0.2, 0.25) is 5.91 Å². The van der Waals surface area contributed by atoms with Gasteiger partial charge in [-0.1, -0.05) is 17.3 Å². The minimum absolute atomic E-state index is 0.00155. The molecule has 0 saturated heterocycles. The number of esters is 1. The zero-order valence-electron chi connectivity index (χ0n) is 12.4. The Morgan fingerprint density at radius 2 is 2.17 bits per heavy atom. The average molecular weight is 338 g/mol. The second-order valence-electron chi connectivity index (χ2n) is 4.65. The van der Waals surface area contributed by atoms with Crippen LogP contribution in [0.4, 0.5) is 10.2 Å². The summed E-state index contributed by atoms with van der Waals surface area (Å²) in [5.74, 6) is -0.101. The van der Waals surface area contributed by atoms with Crippen LogP contribution < -0.4 is 5.32 Å². The number of anilines is 1. The molecule has 0 spiro atoms. The van der Waals surface area contributed by atoms with E-state index in [1.807, 2.05) is 0 Å². The summed E-state index contributed by atoms with van der Waals surface area (Å²) in [4.78, 5) is 23.2. The Morgan fingerprint density at radius 1 is 1.35 bits per heavy atom. The lowest BCUT2D eigenvalue weighted by Crippen LogP contribution is -2.16. The Hall–Kier alpha value is -2.35. The minimum atomic E-state index is -0.468. The summed E-state index contributed by atoms with van der Waals surface area (Å²) in [5, 5.41) is 6.17. The summed E-state index contributed by atoms with van der Waals surface area (Å²) in [6.07, 6.45) is 0. The van der Waals surface area contributed by atoms with Crippen LogP contribution in [0.1, 0.15) is 11.3 Å². The number of rotatable bonds is 7. The van der Waals surface area contributed by atoms with Gasteiger partial charge in [0.05, 0.1) is 11.5 Å². The van der Waals surface area contributed by atoms with Gasteiger partial charge in [-0.25, -0.2) is 4.39 Å². The van der Waals surface area contributed by atoms with Crippen molar-refractivity contribution in [2.75, 3.05) is 16.8 Å². The van der Waals surface area contributed by atoms with Crippen molar-refractivity contribution in [2.45, 2.75) is 13.5 Å². The summed E-state index contributed by atoms with van der Waals surface area (Å²) < 4.78 is 22.8. The third-order valence-electron chi connectivity index (χ3n) is 2.64. The molecule has 0 fully saturated rings. The predicted octanol–water partition coefficient (Wildman–Crippen LogP) is 2.54. The number of hydrogen-bond acceptors (Lipinski definition) is 6. The average Bonchev–Trinajstić information content (AvgIpc) is 2.90. The maximum Gasteiger partial charge on any atom is 0.316 e. The lowest BCUT2D eigenvalue weighted by Gasteiger charge is -2.05. The highest BCUT2D eigenvalue weighted by Gasteiger charge is 2.09. The van der Waals surface area contributed by atoms with Crippen LogP contribution in [-0.4, -0.2) is 28.5 Å². The lowest BCUT2D eigenvalue weighted by atomic mass is 10.2. The van der Waals surface area contributed by atoms with Crippen LogP contribution >= 0.6 is 11.8 Å². The van der Waals surface area contributed by atoms with Crippen LogP contribution in [0.25, 0.3) is 0 Å². The molecule has 1 heterocycles. The molecule has 6 nitrogen and oxygen atoms in total. The van der Waals surface area contributed by atoms with Crippen LogP contribution in [0, 0.1) is 12.7 Å². The molecule has 1 aromatic carbocycles. The molecule has 1 aromatic heterocycles. The summed E-state index contributed by atoms with van der Waals surface area (Å²) in [6.45, 7) is 1.72. The third kappa shape index (κ3) is 6.11. The second kappa shape index (κ2) is 8.33. The van der Waals surface area contributed by atoms with Gasteiger partial charge in [0, 0.05) is 6.07 Å². The topological polar surface area (TPSA) is 81.4 Å². The molecule has 2 aromatic rings. The number of nitrogens with zero attached hydrogens (tertiary/aromatic N) is 1. The fourth-order valence-corrected chi connectivity index (χ4v) is 2.27. The lowest BCUT2D eigenvalue weighted by molar-refractivity contribution is -0.141. The van der Waals surface area contributed by atoms with Crippen molar-refractivity contribution in [3.8, 4) is 0 Å². The summed E-state index contributed by atoms with van der Waals surface area (Å²) >= 11 is 1.11. The molecule has 0 aliphatic carbocycles. The number of ether oxygens (including phenoxy) is 1. The molecule has 23 heavy (non-hydrogen) atoms. The van der Waals surface area contributed by atoms with E-state index in [-0.39, 0.29) is 29.8 Å². The summed E-state index contributed by atoms with van der Waals surface area (Å²) in [5.41, 5.74) is 0.572. The molecule has 0 unspecified atom stereocenters. The zero-order valence-corrected chi connectivity index (χ0v) is 13.2. The predicted molar refractivity (Wildman–Crippen MR) is 83.4 cm³/mol. The third-order valence-corrected chi connectivity index (χ3v) is 3.54. The van der Waals surface area contributed by atoms with Crippen molar-refractivity contribution in [3.63, 3.8) is 0 Å². The van der Waals surface area contributed by atoms with E-state index < -0.39 is 5.97 Å². The van der Waals surface area contributed by atoms with Crippen molar-refractivity contribution in [1.82, 2.24) is 5.16 Å². The van der Waals surface area contributed by atoms with Crippen molar-refractivity contribution in [2.24, 2.45) is 0 Å². The molecule has 0 atom stereocenters. The first-order valence-corrected chi connectivity index (χ1v) is 7.89. The number of amides is 1. The molecule has 0 aliphatic rings. The van der Waals surface area contributed by atoms with E-state index in [0.29, 0.717) is 17.1 Å². The van der Waals surface area contributed by atoms with Gasteiger partial charge in [-0.15, -0.1) is 11.8 Å². The van der Waals surface area contributed by atoms with E-state index in [4.69, 9.17) is 9.26 Å². The Labute approximate surface area is 136 Å². The molecular weight excluding hydrogens is 323 g/mol. The number of nitrogens with one attached hydrogen (secondary N) is 1. The number of thioether (sulfide) groups is 1. The minimum Gasteiger partial charge on any atom is -0.460 e. The Bertz CT molecular complexity index is 690. The van der Waals surface area contributed by atoms with Gasteiger partial charge in [0.1, 0.15) is 18.2 Å². The quantitative estimate of drug-likeness (QED) is 0.781. The van der Waals surface area contributed by atoms with E-state index >= 15 is 0 Å². The fourth-order valence-electron chi connectivity index (χ4n) is 1.66. The molecule has 0 bridgehead atoms. The number of aryl methyl sites for hydroxylation is 1. The van der Waals surface area contributed by atoms with Crippen LogP contribution in [0.2, 0.25) is 0 Å². The van der Waals surface area contributed by atoms with Crippen LogP contribution in [-0.2, 0) is 20.9 Å². The van der Waals surface area contributed by atoms with E-state index in [1.165, 1.54) is 12.1 Å². The standard InChI is InChI=1S/C15H15FN2O4S/c1-10-5-13(18-22-10)17-14(19)8-23-9-15(20)21-7-11-3-2-4-12(16)6-11/h2-6H,7-9H2,1H3,(H,17,18,19). The molecule has 1 amide bonds. The first-order chi connectivity index (χ1) is 11.0. The molecule has 1 N–H and O–H groups in total. The van der Waals surface area contributed by atoms with Crippen molar-refractivity contribution >= 4 is 29.5 Å². The maximum atomic E-state index is 13.0. The summed E-state index contributed by atoms with van der Waals surface area (Å²) in [7, 11) is 0. The molecule has 122 valence electrons. The van der Waals surface area contributed by atoms with Crippen LogP contribution in [0.3, 0.4) is 0 Å². The molecular formula is C15H15FN2O4S. The second-order valence-corrected chi connectivity index (χ2v) is 5.64. The van der Waals surface area contributed by atoms with Gasteiger partial charge in [-0.3, -0.25) is 9.59 Å². The zero-order chi connectivity index (χ0) is 16.7. The molecule has 0 aliphatic heterocycles. The molecule has 2 rings (SSSR count). The fraction of sp³-hybridized carbons (Fsp3) is 0.267. The van der Waals surface area contributed by atoms with Crippen LogP contribution in [0.15, 0.2) is 34.9 Å². The highest BCUT2D eigenvalue weighted by molar-refractivity contribution is 8.00. The van der Waals surface area contributed by atoms with E-state index in [2.05, 4.69) is 10.5 Å². The van der Waals surface area contributed by atoms with Gasteiger partial charge in [0.15, 0.2) is 5.82 Å². The van der Waals surface area contributed by atoms with Crippen molar-refractivity contribution in [3.05, 3.63) is 47.5 Å². The maximum absolute atomic E-state index is 13.0. The van der Waals surface area contributed by atoms with Crippen LogP contribution in [0.5, 0.6) is 0 Å². The van der Waals surface area contributed by atoms with E-state index in [0.717, 1.165) is 11.8 Å². The summed E-state index contributed by atoms with van der Waals surface area (Å²) in [6, 6.07) is 7.42. The van der Waals surface area contributed by atoms with Crippen molar-refractivity contribution in [1.29, 1.82) is 0 Å². The first-order valence-electron chi connectivity index (χ1n) is 6.74. The Morgan fingerprint density at radius 3 is 2.87 bits per heavy atom. The number of carbonyl (C=O) groups is 2. The normalized spacial score (nSPS) is 10.3. The van der Waals surface area contributed by atoms with Gasteiger partial charge < -0.3 is 14.6 Å². The van der Waals surface area contributed by atoms with Gasteiger partial charge in [0.25, 0.3) is 0 Å². The van der Waals surface area contributed by atoms with E-state index in [9.17, 15) is 14.0 Å². The highest BCUT2D eigenvalue weighted by Crippen LogP contribution is 2.09. The van der Waals surface area contributed by atoms with Gasteiger partial charge >= 0.3 is 5.97 Å². The smallest absolute Gasteiger partial charge is 0.316 e. The highest BCUT2D eigenvalue weighted by atomic mass is 32.2. The van der Waals surface area contributed by atoms with Gasteiger partial charge in [-0.05, 0) is 24.6 Å². The number of aromatic nitrogens is 1. The Kier molecular flexibility index (Phi) is 6.16. The largest absolute Gasteiger partial charge is 0.460 e. The van der Waals surface area contributed by atoms with Gasteiger partial charge in [-0.2, -0.15) is 0 Å².